The lowest BCUT2D eigenvalue weighted by Crippen LogP contribution is -2.33. The molecule has 5 rings (SSSR count). The van der Waals surface area contributed by atoms with E-state index in [1.807, 2.05) is 49.4 Å². The minimum absolute atomic E-state index is 0.0452. The van der Waals surface area contributed by atoms with Gasteiger partial charge in [-0.3, -0.25) is 9.78 Å². The summed E-state index contributed by atoms with van der Waals surface area (Å²) in [6, 6.07) is 24.1. The molecule has 0 unspecified atom stereocenters. The second kappa shape index (κ2) is 10.6. The number of carbonyl (C=O) groups is 1. The Bertz CT molecular complexity index is 1410. The summed E-state index contributed by atoms with van der Waals surface area (Å²) in [5.41, 5.74) is 7.54. The van der Waals surface area contributed by atoms with Crippen LogP contribution in [0.3, 0.4) is 0 Å². The van der Waals surface area contributed by atoms with Crippen LogP contribution in [0.5, 0.6) is 0 Å². The molecular formula is C30H31N5OS. The van der Waals surface area contributed by atoms with Gasteiger partial charge in [-0.2, -0.15) is 0 Å². The lowest BCUT2D eigenvalue weighted by Gasteiger charge is -2.29. The van der Waals surface area contributed by atoms with E-state index < -0.39 is 0 Å². The van der Waals surface area contributed by atoms with Crippen molar-refractivity contribution in [3.05, 3.63) is 113 Å². The number of nitrogens with one attached hydrogen (secondary N) is 2. The second-order valence-electron chi connectivity index (χ2n) is 9.56. The molecule has 0 spiro atoms. The van der Waals surface area contributed by atoms with E-state index in [0.29, 0.717) is 18.1 Å². The Kier molecular flexibility index (Phi) is 7.06. The van der Waals surface area contributed by atoms with Gasteiger partial charge in [-0.25, -0.2) is 0 Å². The van der Waals surface area contributed by atoms with Crippen molar-refractivity contribution in [2.45, 2.75) is 39.3 Å². The number of aryl methyl sites for hydroxylation is 3. The average molecular weight is 510 g/mol. The lowest BCUT2D eigenvalue weighted by atomic mass is 10.0. The Morgan fingerprint density at radius 1 is 1.00 bits per heavy atom. The van der Waals surface area contributed by atoms with Crippen LogP contribution in [0.1, 0.15) is 46.6 Å². The number of benzene rings is 2. The third kappa shape index (κ3) is 5.27. The molecule has 1 amide bonds. The number of hydrogen-bond acceptors (Lipinski definition) is 3. The van der Waals surface area contributed by atoms with Crippen LogP contribution in [-0.4, -0.2) is 32.0 Å². The summed E-state index contributed by atoms with van der Waals surface area (Å²) in [6.45, 7) is 6.76. The van der Waals surface area contributed by atoms with E-state index in [1.165, 1.54) is 11.1 Å². The molecule has 37 heavy (non-hydrogen) atoms. The molecule has 0 radical (unpaired) electrons. The van der Waals surface area contributed by atoms with E-state index in [2.05, 4.69) is 75.5 Å². The number of amides is 1. The highest BCUT2D eigenvalue weighted by molar-refractivity contribution is 7.80. The fourth-order valence-corrected chi connectivity index (χ4v) is 5.13. The number of hydrogen-bond donors (Lipinski definition) is 2. The first-order valence-corrected chi connectivity index (χ1v) is 12.9. The number of anilines is 1. The Hall–Kier alpha value is -3.97. The molecule has 3 heterocycles. The molecule has 2 aromatic heterocycles. The molecule has 188 valence electrons. The number of pyridine rings is 1. The van der Waals surface area contributed by atoms with Gasteiger partial charge >= 0.3 is 0 Å². The molecule has 0 saturated carbocycles. The lowest BCUT2D eigenvalue weighted by molar-refractivity contribution is -0.116. The normalized spacial score (nSPS) is 17.1. The zero-order valence-corrected chi connectivity index (χ0v) is 22.1. The predicted molar refractivity (Wildman–Crippen MR) is 152 cm³/mol. The van der Waals surface area contributed by atoms with Crippen molar-refractivity contribution in [1.29, 1.82) is 0 Å². The molecule has 1 saturated heterocycles. The standard InChI is InChI=1S/C30H31N5OS/c1-20-9-12-23(13-10-20)32-27(36)15-18-35-29(28(33-30(35)37)25-7-4-5-16-31-25)26-8-6-17-34(26)24-14-11-21(2)22(3)19-24/h4-14,16-17,19,28-29H,15,18H2,1-3H3,(H,32,36)(H,33,37)/t28-,29+/m1/s1. The highest BCUT2D eigenvalue weighted by atomic mass is 32.1. The van der Waals surface area contributed by atoms with Crippen LogP contribution in [0, 0.1) is 20.8 Å². The first-order valence-electron chi connectivity index (χ1n) is 12.5. The number of aromatic nitrogens is 2. The Balaban J connectivity index is 1.44. The molecule has 0 aliphatic carbocycles. The average Bonchev–Trinajstić information content (AvgIpc) is 3.50. The van der Waals surface area contributed by atoms with Gasteiger partial charge in [0.15, 0.2) is 5.11 Å². The van der Waals surface area contributed by atoms with Gasteiger partial charge in [0, 0.05) is 42.4 Å². The van der Waals surface area contributed by atoms with Gasteiger partial charge in [0.1, 0.15) is 0 Å². The summed E-state index contributed by atoms with van der Waals surface area (Å²) in [5.74, 6) is -0.0452. The molecule has 2 N–H and O–H groups in total. The maximum atomic E-state index is 12.8. The first kappa shape index (κ1) is 24.7. The topological polar surface area (TPSA) is 62.2 Å². The van der Waals surface area contributed by atoms with Crippen molar-refractivity contribution in [3.8, 4) is 5.69 Å². The number of thiocarbonyl (C=S) groups is 1. The van der Waals surface area contributed by atoms with E-state index in [1.54, 1.807) is 6.20 Å². The molecule has 6 nitrogen and oxygen atoms in total. The van der Waals surface area contributed by atoms with Crippen molar-refractivity contribution in [1.82, 2.24) is 19.8 Å². The predicted octanol–water partition coefficient (Wildman–Crippen LogP) is 5.80. The van der Waals surface area contributed by atoms with E-state index in [4.69, 9.17) is 12.2 Å². The van der Waals surface area contributed by atoms with Gasteiger partial charge < -0.3 is 20.1 Å². The van der Waals surface area contributed by atoms with Crippen LogP contribution in [0.25, 0.3) is 5.69 Å². The maximum Gasteiger partial charge on any atom is 0.226 e. The first-order chi connectivity index (χ1) is 17.9. The summed E-state index contributed by atoms with van der Waals surface area (Å²) in [5, 5.41) is 7.11. The van der Waals surface area contributed by atoms with E-state index in [-0.39, 0.29) is 18.0 Å². The summed E-state index contributed by atoms with van der Waals surface area (Å²) >= 11 is 5.81. The fourth-order valence-electron chi connectivity index (χ4n) is 4.80. The molecule has 4 aromatic rings. The van der Waals surface area contributed by atoms with Crippen LogP contribution >= 0.6 is 12.2 Å². The smallest absolute Gasteiger partial charge is 0.226 e. The van der Waals surface area contributed by atoms with Crippen LogP contribution in [-0.2, 0) is 4.79 Å². The van der Waals surface area contributed by atoms with Crippen molar-refractivity contribution in [2.24, 2.45) is 0 Å². The summed E-state index contributed by atoms with van der Waals surface area (Å²) in [7, 11) is 0. The SMILES string of the molecule is Cc1ccc(NC(=O)CCN2C(=S)N[C@H](c3ccccn3)[C@@H]2c2cccn2-c2ccc(C)c(C)c2)cc1. The van der Waals surface area contributed by atoms with Gasteiger partial charge in [0.2, 0.25) is 5.91 Å². The molecule has 0 bridgehead atoms. The quantitative estimate of drug-likeness (QED) is 0.309. The Labute approximate surface area is 223 Å². The molecule has 1 aliphatic heterocycles. The Morgan fingerprint density at radius 3 is 2.54 bits per heavy atom. The number of nitrogens with zero attached hydrogens (tertiary/aromatic N) is 3. The van der Waals surface area contributed by atoms with Gasteiger partial charge in [0.05, 0.1) is 17.8 Å². The zero-order chi connectivity index (χ0) is 25.9. The van der Waals surface area contributed by atoms with Crippen LogP contribution < -0.4 is 10.6 Å². The van der Waals surface area contributed by atoms with Gasteiger partial charge in [-0.1, -0.05) is 29.8 Å². The van der Waals surface area contributed by atoms with Crippen molar-refractivity contribution in [3.63, 3.8) is 0 Å². The minimum atomic E-state index is -0.144. The number of rotatable bonds is 7. The van der Waals surface area contributed by atoms with Crippen LogP contribution in [0.2, 0.25) is 0 Å². The molecule has 1 aliphatic rings. The van der Waals surface area contributed by atoms with Crippen LogP contribution in [0.15, 0.2) is 85.2 Å². The van der Waals surface area contributed by atoms with E-state index >= 15 is 0 Å². The summed E-state index contributed by atoms with van der Waals surface area (Å²) in [4.78, 5) is 19.6. The van der Waals surface area contributed by atoms with Gasteiger partial charge in [-0.05, 0) is 92.6 Å². The zero-order valence-electron chi connectivity index (χ0n) is 21.3. The number of carbonyl (C=O) groups excluding carboxylic acids is 1. The molecule has 1 fully saturated rings. The van der Waals surface area contributed by atoms with E-state index in [0.717, 1.165) is 28.3 Å². The van der Waals surface area contributed by atoms with Gasteiger partial charge in [-0.15, -0.1) is 0 Å². The third-order valence-corrected chi connectivity index (χ3v) is 7.32. The van der Waals surface area contributed by atoms with Crippen LogP contribution in [0.4, 0.5) is 5.69 Å². The minimum Gasteiger partial charge on any atom is -0.352 e. The van der Waals surface area contributed by atoms with Crippen molar-refractivity contribution < 1.29 is 4.79 Å². The van der Waals surface area contributed by atoms with Crippen molar-refractivity contribution in [2.75, 3.05) is 11.9 Å². The monoisotopic (exact) mass is 509 g/mol. The maximum absolute atomic E-state index is 12.8. The molecule has 7 heteroatoms. The highest BCUT2D eigenvalue weighted by Gasteiger charge is 2.41. The second-order valence-corrected chi connectivity index (χ2v) is 9.94. The summed E-state index contributed by atoms with van der Waals surface area (Å²) < 4.78 is 2.21. The Morgan fingerprint density at radius 2 is 1.81 bits per heavy atom. The third-order valence-electron chi connectivity index (χ3n) is 6.96. The van der Waals surface area contributed by atoms with E-state index in [9.17, 15) is 4.79 Å². The molecule has 2 aromatic carbocycles. The largest absolute Gasteiger partial charge is 0.352 e. The molecule has 2 atom stereocenters. The molecular weight excluding hydrogens is 478 g/mol. The summed E-state index contributed by atoms with van der Waals surface area (Å²) in [6.07, 6.45) is 4.20. The fraction of sp³-hybridized carbons (Fsp3) is 0.233. The highest BCUT2D eigenvalue weighted by Crippen LogP contribution is 2.39. The van der Waals surface area contributed by atoms with Crippen molar-refractivity contribution >= 4 is 28.9 Å². The van der Waals surface area contributed by atoms with Gasteiger partial charge in [0.25, 0.3) is 0 Å².